The molecular weight excluding hydrogens is 508 g/mol. The van der Waals surface area contributed by atoms with Gasteiger partial charge in [0.05, 0.1) is 49.1 Å². The second kappa shape index (κ2) is 11.4. The van der Waals surface area contributed by atoms with E-state index in [1.807, 2.05) is 6.92 Å². The Morgan fingerprint density at radius 2 is 1.97 bits per heavy atom. The number of aliphatic hydroxyl groups is 1. The van der Waals surface area contributed by atoms with Crippen molar-refractivity contribution in [3.05, 3.63) is 24.3 Å². The monoisotopic (exact) mass is 546 g/mol. The Hall–Kier alpha value is -2.34. The number of morpholine rings is 1. The van der Waals surface area contributed by atoms with Gasteiger partial charge in [-0.05, 0) is 51.0 Å². The van der Waals surface area contributed by atoms with Crippen molar-refractivity contribution in [3.63, 3.8) is 0 Å². The van der Waals surface area contributed by atoms with Crippen LogP contribution >= 0.6 is 11.8 Å². The van der Waals surface area contributed by atoms with E-state index in [2.05, 4.69) is 15.5 Å². The van der Waals surface area contributed by atoms with Crippen molar-refractivity contribution in [3.8, 4) is 5.75 Å². The van der Waals surface area contributed by atoms with Gasteiger partial charge in [0.25, 0.3) is 0 Å². The van der Waals surface area contributed by atoms with E-state index in [0.29, 0.717) is 45.0 Å². The SMILES string of the molecule is CCOc1ccc(NC(=O)[C@@H]2[C@@H]3CCC4(S3)C(C(=O)NCCN3CCOCC3)N([C@H](C)CO)C(=O)[C@H]24)cc1. The minimum atomic E-state index is -0.717. The Kier molecular flexibility index (Phi) is 8.18. The van der Waals surface area contributed by atoms with Crippen molar-refractivity contribution in [1.82, 2.24) is 15.1 Å². The molecule has 0 aliphatic carbocycles. The predicted octanol–water partition coefficient (Wildman–Crippen LogP) is 0.944. The van der Waals surface area contributed by atoms with Crippen molar-refractivity contribution in [2.75, 3.05) is 57.9 Å². The number of nitrogens with zero attached hydrogens (tertiary/aromatic N) is 2. The number of hydrogen-bond acceptors (Lipinski definition) is 8. The molecule has 0 saturated carbocycles. The van der Waals surface area contributed by atoms with Crippen LogP contribution in [-0.4, -0.2) is 107 Å². The zero-order valence-corrected chi connectivity index (χ0v) is 22.9. The molecule has 2 bridgehead atoms. The minimum Gasteiger partial charge on any atom is -0.494 e. The van der Waals surface area contributed by atoms with Crippen LogP contribution in [0.2, 0.25) is 0 Å². The predicted molar refractivity (Wildman–Crippen MR) is 144 cm³/mol. The van der Waals surface area contributed by atoms with Crippen LogP contribution in [0.3, 0.4) is 0 Å². The average Bonchev–Trinajstić information content (AvgIpc) is 3.57. The van der Waals surface area contributed by atoms with Gasteiger partial charge < -0.3 is 30.1 Å². The number of likely N-dealkylation sites (tertiary alicyclic amines) is 1. The van der Waals surface area contributed by atoms with Crippen LogP contribution < -0.4 is 15.4 Å². The first-order chi connectivity index (χ1) is 18.4. The number of carbonyl (C=O) groups excluding carboxylic acids is 3. The van der Waals surface area contributed by atoms with E-state index in [4.69, 9.17) is 9.47 Å². The van der Waals surface area contributed by atoms with E-state index in [1.165, 1.54) is 0 Å². The molecule has 4 aliphatic rings. The molecule has 1 aromatic rings. The quantitative estimate of drug-likeness (QED) is 0.397. The molecule has 3 N–H and O–H groups in total. The number of ether oxygens (including phenoxy) is 2. The summed E-state index contributed by atoms with van der Waals surface area (Å²) in [4.78, 5) is 45.0. The van der Waals surface area contributed by atoms with Gasteiger partial charge in [-0.1, -0.05) is 0 Å². The van der Waals surface area contributed by atoms with E-state index in [1.54, 1.807) is 47.9 Å². The number of nitrogens with one attached hydrogen (secondary N) is 2. The maximum absolute atomic E-state index is 13.9. The van der Waals surface area contributed by atoms with Crippen LogP contribution in [-0.2, 0) is 19.1 Å². The summed E-state index contributed by atoms with van der Waals surface area (Å²) < 4.78 is 10.2. The fourth-order valence-corrected chi connectivity index (χ4v) is 8.74. The number of hydrogen-bond donors (Lipinski definition) is 3. The van der Waals surface area contributed by atoms with Gasteiger partial charge in [-0.3, -0.25) is 19.3 Å². The first-order valence-corrected chi connectivity index (χ1v) is 14.5. The van der Waals surface area contributed by atoms with Crippen molar-refractivity contribution in [1.29, 1.82) is 0 Å². The van der Waals surface area contributed by atoms with Gasteiger partial charge in [0.1, 0.15) is 11.8 Å². The lowest BCUT2D eigenvalue weighted by molar-refractivity contribution is -0.141. The first-order valence-electron chi connectivity index (χ1n) is 13.6. The maximum Gasteiger partial charge on any atom is 0.244 e. The molecule has 10 nitrogen and oxygen atoms in total. The van der Waals surface area contributed by atoms with Gasteiger partial charge in [-0.25, -0.2) is 0 Å². The minimum absolute atomic E-state index is 0.0260. The molecule has 4 aliphatic heterocycles. The number of carbonyl (C=O) groups is 3. The summed E-state index contributed by atoms with van der Waals surface area (Å²) >= 11 is 1.63. The van der Waals surface area contributed by atoms with Crippen molar-refractivity contribution in [2.24, 2.45) is 11.8 Å². The normalized spacial score (nSPS) is 31.2. The highest BCUT2D eigenvalue weighted by Crippen LogP contribution is 2.66. The zero-order valence-electron chi connectivity index (χ0n) is 22.1. The number of fused-ring (bicyclic) bond motifs is 1. The zero-order chi connectivity index (χ0) is 26.9. The first kappa shape index (κ1) is 27.2. The topological polar surface area (TPSA) is 120 Å². The Labute approximate surface area is 227 Å². The Balaban J connectivity index is 1.33. The molecule has 5 rings (SSSR count). The summed E-state index contributed by atoms with van der Waals surface area (Å²) in [6.45, 7) is 8.22. The fraction of sp³-hybridized carbons (Fsp3) is 0.667. The van der Waals surface area contributed by atoms with Crippen LogP contribution in [0.15, 0.2) is 24.3 Å². The van der Waals surface area contributed by atoms with Crippen molar-refractivity contribution in [2.45, 2.75) is 48.8 Å². The molecule has 38 heavy (non-hydrogen) atoms. The molecule has 11 heteroatoms. The molecule has 4 heterocycles. The van der Waals surface area contributed by atoms with Crippen molar-refractivity contribution < 1.29 is 29.0 Å². The van der Waals surface area contributed by atoms with Gasteiger partial charge in [0.15, 0.2) is 0 Å². The summed E-state index contributed by atoms with van der Waals surface area (Å²) in [5.41, 5.74) is 0.642. The van der Waals surface area contributed by atoms with Gasteiger partial charge in [0, 0.05) is 37.1 Å². The molecule has 6 atom stereocenters. The average molecular weight is 547 g/mol. The summed E-state index contributed by atoms with van der Waals surface area (Å²) in [5, 5.41) is 16.0. The number of thioether (sulfide) groups is 1. The third kappa shape index (κ3) is 4.89. The Morgan fingerprint density at radius 1 is 1.24 bits per heavy atom. The largest absolute Gasteiger partial charge is 0.494 e. The Bertz CT molecular complexity index is 1030. The molecule has 4 saturated heterocycles. The van der Waals surface area contributed by atoms with Crippen LogP contribution in [0.25, 0.3) is 0 Å². The highest BCUT2D eigenvalue weighted by atomic mass is 32.2. The van der Waals surface area contributed by atoms with Gasteiger partial charge >= 0.3 is 0 Å². The second-order valence-corrected chi connectivity index (χ2v) is 12.1. The van der Waals surface area contributed by atoms with Crippen LogP contribution in [0.1, 0.15) is 26.7 Å². The third-order valence-corrected chi connectivity index (χ3v) is 10.2. The molecule has 208 valence electrons. The third-order valence-electron chi connectivity index (χ3n) is 8.29. The molecule has 1 spiro atoms. The lowest BCUT2D eigenvalue weighted by atomic mass is 9.70. The van der Waals surface area contributed by atoms with Crippen LogP contribution in [0, 0.1) is 11.8 Å². The lowest BCUT2D eigenvalue weighted by Crippen LogP contribution is -2.56. The maximum atomic E-state index is 13.9. The fourth-order valence-electron chi connectivity index (χ4n) is 6.54. The number of amides is 3. The summed E-state index contributed by atoms with van der Waals surface area (Å²) in [6, 6.07) is 5.95. The Morgan fingerprint density at radius 3 is 2.66 bits per heavy atom. The van der Waals surface area contributed by atoms with E-state index in [9.17, 15) is 19.5 Å². The number of aliphatic hydroxyl groups excluding tert-OH is 1. The van der Waals surface area contributed by atoms with E-state index >= 15 is 0 Å². The van der Waals surface area contributed by atoms with Crippen LogP contribution in [0.4, 0.5) is 5.69 Å². The molecule has 3 amide bonds. The van der Waals surface area contributed by atoms with Gasteiger partial charge in [0.2, 0.25) is 17.7 Å². The highest BCUT2D eigenvalue weighted by molar-refractivity contribution is 8.02. The molecule has 1 aromatic carbocycles. The lowest BCUT2D eigenvalue weighted by Gasteiger charge is -2.36. The van der Waals surface area contributed by atoms with Gasteiger partial charge in [-0.2, -0.15) is 0 Å². The molecule has 4 fully saturated rings. The highest BCUT2D eigenvalue weighted by Gasteiger charge is 2.74. The van der Waals surface area contributed by atoms with Gasteiger partial charge in [-0.15, -0.1) is 11.8 Å². The molecular formula is C27H38N4O6S. The summed E-state index contributed by atoms with van der Waals surface area (Å²) in [5.74, 6) is -1.01. The summed E-state index contributed by atoms with van der Waals surface area (Å²) in [6.07, 6.45) is 1.47. The van der Waals surface area contributed by atoms with E-state index in [0.717, 1.165) is 25.3 Å². The number of rotatable bonds is 10. The number of benzene rings is 1. The van der Waals surface area contributed by atoms with Crippen LogP contribution in [0.5, 0.6) is 5.75 Å². The van der Waals surface area contributed by atoms with E-state index in [-0.39, 0.29) is 29.6 Å². The van der Waals surface area contributed by atoms with Crippen molar-refractivity contribution >= 4 is 35.2 Å². The molecule has 0 aromatic heterocycles. The standard InChI is InChI=1S/C27H38N4O6S/c1-3-37-19-6-4-18(5-7-19)29-24(33)21-20-8-9-27(38-20)22(21)26(35)31(17(2)16-32)23(27)25(34)28-10-11-30-12-14-36-15-13-30/h4-7,17,20-23,32H,3,8-16H2,1-2H3,(H,28,34)(H,29,33)/t17-,20+,21-,22+,23?,27?/m1/s1. The second-order valence-electron chi connectivity index (χ2n) is 10.5. The summed E-state index contributed by atoms with van der Waals surface area (Å²) in [7, 11) is 0. The molecule has 0 radical (unpaired) electrons. The smallest absolute Gasteiger partial charge is 0.244 e. The van der Waals surface area contributed by atoms with E-state index < -0.39 is 28.7 Å². The number of anilines is 1. The molecule has 2 unspecified atom stereocenters.